The fourth-order valence-electron chi connectivity index (χ4n) is 1.86. The van der Waals surface area contributed by atoms with Gasteiger partial charge in [0.2, 0.25) is 5.89 Å². The fourth-order valence-corrected chi connectivity index (χ4v) is 1.86. The van der Waals surface area contributed by atoms with Crippen LogP contribution >= 0.6 is 0 Å². The smallest absolute Gasteiger partial charge is 0.223 e. The summed E-state index contributed by atoms with van der Waals surface area (Å²) < 4.78 is 6.70. The quantitative estimate of drug-likeness (QED) is 0.640. The summed E-state index contributed by atoms with van der Waals surface area (Å²) >= 11 is 0. The monoisotopic (exact) mass is 277 g/mol. The van der Waals surface area contributed by atoms with E-state index in [1.165, 1.54) is 0 Å². The second-order valence-corrected chi connectivity index (χ2v) is 4.51. The molecule has 0 radical (unpaired) electrons. The van der Waals surface area contributed by atoms with E-state index in [0.717, 1.165) is 18.1 Å². The first kappa shape index (κ1) is 14.0. The minimum atomic E-state index is 0.474. The molecule has 1 N–H and O–H groups in total. The molecular formula is C12H19N7O. The highest BCUT2D eigenvalue weighted by Gasteiger charge is 2.09. The normalized spacial score (nSPS) is 11.7. The number of hydrogen-bond acceptors (Lipinski definition) is 5. The Kier molecular flexibility index (Phi) is 4.34. The van der Waals surface area contributed by atoms with Crippen LogP contribution in [-0.4, -0.2) is 44.9 Å². The number of nitrogens with one attached hydrogen (secondary N) is 1. The first-order valence-corrected chi connectivity index (χ1v) is 6.27. The molecule has 0 fully saturated rings. The van der Waals surface area contributed by atoms with Crippen LogP contribution in [0, 0.1) is 6.92 Å². The highest BCUT2D eigenvalue weighted by atomic mass is 16.5. The maximum atomic E-state index is 4.92. The zero-order valence-electron chi connectivity index (χ0n) is 12.2. The second kappa shape index (κ2) is 6.18. The summed E-state index contributed by atoms with van der Waals surface area (Å²) in [6.45, 7) is 2.96. The Morgan fingerprint density at radius 1 is 1.55 bits per heavy atom. The third-order valence-electron chi connectivity index (χ3n) is 2.73. The molecule has 0 aliphatic rings. The van der Waals surface area contributed by atoms with Gasteiger partial charge in [-0.3, -0.25) is 9.67 Å². The molecule has 2 aromatic heterocycles. The molecule has 2 aromatic rings. The van der Waals surface area contributed by atoms with Crippen LogP contribution in [0.1, 0.15) is 17.3 Å². The molecule has 0 saturated carbocycles. The lowest BCUT2D eigenvalue weighted by Crippen LogP contribution is -2.38. The van der Waals surface area contributed by atoms with E-state index < -0.39 is 0 Å². The first-order chi connectivity index (χ1) is 9.58. The summed E-state index contributed by atoms with van der Waals surface area (Å²) in [6, 6.07) is 0. The molecule has 0 atom stereocenters. The van der Waals surface area contributed by atoms with Crippen LogP contribution in [0.25, 0.3) is 0 Å². The van der Waals surface area contributed by atoms with E-state index in [1.807, 2.05) is 31.4 Å². The van der Waals surface area contributed by atoms with Gasteiger partial charge in [-0.1, -0.05) is 5.16 Å². The third-order valence-corrected chi connectivity index (χ3v) is 2.73. The molecule has 20 heavy (non-hydrogen) atoms. The van der Waals surface area contributed by atoms with Crippen LogP contribution in [0.15, 0.2) is 21.9 Å². The Morgan fingerprint density at radius 3 is 2.90 bits per heavy atom. The lowest BCUT2D eigenvalue weighted by molar-refractivity contribution is 0.386. The Labute approximate surface area is 117 Å². The van der Waals surface area contributed by atoms with Gasteiger partial charge in [-0.05, 0) is 0 Å². The average molecular weight is 277 g/mol. The molecule has 8 nitrogen and oxygen atoms in total. The third kappa shape index (κ3) is 3.56. The number of rotatable bonds is 4. The van der Waals surface area contributed by atoms with Gasteiger partial charge < -0.3 is 14.7 Å². The predicted octanol–water partition coefficient (Wildman–Crippen LogP) is 0.319. The lowest BCUT2D eigenvalue weighted by atomic mass is 10.3. The standard InChI is InChI=1S/C12H19N7O/c1-9-16-11(17-20-9)6-14-12(13-2)18(3)7-10-5-15-19(4)8-10/h5,8H,6-7H2,1-4H3,(H,13,14). The molecule has 0 aliphatic carbocycles. The SMILES string of the molecule is CN=C(NCc1noc(C)n1)N(C)Cc1cnn(C)c1. The van der Waals surface area contributed by atoms with E-state index in [9.17, 15) is 0 Å². The lowest BCUT2D eigenvalue weighted by Gasteiger charge is -2.20. The summed E-state index contributed by atoms with van der Waals surface area (Å²) in [5.74, 6) is 1.93. The van der Waals surface area contributed by atoms with Crippen molar-refractivity contribution in [3.05, 3.63) is 29.7 Å². The maximum absolute atomic E-state index is 4.92. The maximum Gasteiger partial charge on any atom is 0.223 e. The van der Waals surface area contributed by atoms with E-state index in [1.54, 1.807) is 18.7 Å². The molecule has 0 unspecified atom stereocenters. The summed E-state index contributed by atoms with van der Waals surface area (Å²) in [5, 5.41) is 11.2. The van der Waals surface area contributed by atoms with E-state index >= 15 is 0 Å². The van der Waals surface area contributed by atoms with Gasteiger partial charge in [0.05, 0.1) is 12.7 Å². The van der Waals surface area contributed by atoms with E-state index in [-0.39, 0.29) is 0 Å². The van der Waals surface area contributed by atoms with Gasteiger partial charge in [-0.15, -0.1) is 0 Å². The Hall–Kier alpha value is -2.38. The van der Waals surface area contributed by atoms with E-state index in [0.29, 0.717) is 18.3 Å². The Balaban J connectivity index is 1.90. The van der Waals surface area contributed by atoms with Gasteiger partial charge in [0.25, 0.3) is 0 Å². The largest absolute Gasteiger partial charge is 0.349 e. The summed E-state index contributed by atoms with van der Waals surface area (Å²) in [6.07, 6.45) is 3.82. The van der Waals surface area contributed by atoms with Crippen LogP contribution in [0.4, 0.5) is 0 Å². The van der Waals surface area contributed by atoms with Crippen LogP contribution in [0.3, 0.4) is 0 Å². The minimum Gasteiger partial charge on any atom is -0.349 e. The molecule has 0 saturated heterocycles. The molecule has 2 heterocycles. The zero-order valence-corrected chi connectivity index (χ0v) is 12.2. The molecule has 0 aromatic carbocycles. The summed E-state index contributed by atoms with van der Waals surface area (Å²) in [4.78, 5) is 10.4. The molecule has 0 aliphatic heterocycles. The molecule has 0 amide bonds. The van der Waals surface area contributed by atoms with Crippen LogP contribution in [-0.2, 0) is 20.1 Å². The zero-order chi connectivity index (χ0) is 14.5. The van der Waals surface area contributed by atoms with E-state index in [4.69, 9.17) is 4.52 Å². The average Bonchev–Trinajstić information content (AvgIpc) is 2.99. The van der Waals surface area contributed by atoms with Crippen molar-refractivity contribution in [3.63, 3.8) is 0 Å². The van der Waals surface area contributed by atoms with Crippen LogP contribution in [0.5, 0.6) is 0 Å². The fraction of sp³-hybridized carbons (Fsp3) is 0.500. The molecule has 8 heteroatoms. The Morgan fingerprint density at radius 2 is 2.35 bits per heavy atom. The van der Waals surface area contributed by atoms with Crippen molar-refractivity contribution in [2.24, 2.45) is 12.0 Å². The number of aliphatic imine (C=N–C) groups is 1. The van der Waals surface area contributed by atoms with Crippen molar-refractivity contribution in [1.29, 1.82) is 0 Å². The van der Waals surface area contributed by atoms with Crippen molar-refractivity contribution < 1.29 is 4.52 Å². The van der Waals surface area contributed by atoms with Gasteiger partial charge in [0.15, 0.2) is 11.8 Å². The van der Waals surface area contributed by atoms with Crippen molar-refractivity contribution in [2.45, 2.75) is 20.0 Å². The van der Waals surface area contributed by atoms with Crippen molar-refractivity contribution in [3.8, 4) is 0 Å². The molecule has 0 bridgehead atoms. The van der Waals surface area contributed by atoms with Crippen molar-refractivity contribution in [2.75, 3.05) is 14.1 Å². The number of guanidine groups is 1. The molecule has 2 rings (SSSR count). The number of aromatic nitrogens is 4. The molecule has 0 spiro atoms. The van der Waals surface area contributed by atoms with Gasteiger partial charge >= 0.3 is 0 Å². The summed E-state index contributed by atoms with van der Waals surface area (Å²) in [7, 11) is 5.60. The number of aryl methyl sites for hydroxylation is 2. The number of hydrogen-bond donors (Lipinski definition) is 1. The highest BCUT2D eigenvalue weighted by Crippen LogP contribution is 2.02. The Bertz CT molecular complexity index is 586. The van der Waals surface area contributed by atoms with Crippen molar-refractivity contribution in [1.82, 2.24) is 30.1 Å². The van der Waals surface area contributed by atoms with Gasteiger partial charge in [0, 0.05) is 46.4 Å². The topological polar surface area (TPSA) is 84.4 Å². The van der Waals surface area contributed by atoms with Crippen LogP contribution in [0.2, 0.25) is 0 Å². The van der Waals surface area contributed by atoms with Crippen LogP contribution < -0.4 is 5.32 Å². The minimum absolute atomic E-state index is 0.474. The van der Waals surface area contributed by atoms with Crippen molar-refractivity contribution >= 4 is 5.96 Å². The summed E-state index contributed by atoms with van der Waals surface area (Å²) in [5.41, 5.74) is 1.12. The number of nitrogens with zero attached hydrogens (tertiary/aromatic N) is 6. The highest BCUT2D eigenvalue weighted by molar-refractivity contribution is 5.79. The first-order valence-electron chi connectivity index (χ1n) is 6.27. The van der Waals surface area contributed by atoms with E-state index in [2.05, 4.69) is 25.5 Å². The van der Waals surface area contributed by atoms with Gasteiger partial charge in [0.1, 0.15) is 0 Å². The predicted molar refractivity (Wildman–Crippen MR) is 73.9 cm³/mol. The van der Waals surface area contributed by atoms with Gasteiger partial charge in [-0.25, -0.2) is 0 Å². The second-order valence-electron chi connectivity index (χ2n) is 4.51. The molecule has 108 valence electrons. The molecular weight excluding hydrogens is 258 g/mol. The van der Waals surface area contributed by atoms with Gasteiger partial charge in [-0.2, -0.15) is 10.1 Å².